The lowest BCUT2D eigenvalue weighted by Gasteiger charge is -2.23. The van der Waals surface area contributed by atoms with E-state index in [1.54, 1.807) is 27.7 Å². The molecule has 0 heterocycles. The highest BCUT2D eigenvalue weighted by Gasteiger charge is 2.34. The fourth-order valence-electron chi connectivity index (χ4n) is 5.65. The Morgan fingerprint density at radius 1 is 0.574 bits per heavy atom. The van der Waals surface area contributed by atoms with Gasteiger partial charge in [0.15, 0.2) is 17.3 Å². The number of carbonyl (C=O) groups excluding carboxylic acids is 3. The second-order valence-electron chi connectivity index (χ2n) is 11.9. The zero-order valence-electron chi connectivity index (χ0n) is 27.9. The van der Waals surface area contributed by atoms with Crippen molar-refractivity contribution in [1.82, 2.24) is 0 Å². The van der Waals surface area contributed by atoms with Gasteiger partial charge in [0.2, 0.25) is 0 Å². The number of phenolic OH excluding ortho intramolecular Hbond substituents is 7. The Morgan fingerprint density at radius 3 is 1.30 bits per heavy atom. The quantitative estimate of drug-likeness (QED) is 0.117. The van der Waals surface area contributed by atoms with E-state index in [9.17, 15) is 50.1 Å². The molecule has 254 valence electrons. The molecule has 0 fully saturated rings. The van der Waals surface area contributed by atoms with Crippen LogP contribution in [0.4, 0.5) is 0 Å². The summed E-state index contributed by atoms with van der Waals surface area (Å²) in [6, 6.07) is 0. The van der Waals surface area contributed by atoms with E-state index in [1.165, 1.54) is 35.0 Å². The lowest BCUT2D eigenvalue weighted by atomic mass is 9.85. The van der Waals surface area contributed by atoms with Crippen molar-refractivity contribution in [1.29, 1.82) is 0 Å². The molecule has 0 aliphatic rings. The number of benzene rings is 3. The number of phenols is 7. The summed E-state index contributed by atoms with van der Waals surface area (Å²) in [6.07, 6.45) is -0.986. The first kappa shape index (κ1) is 36.3. The summed E-state index contributed by atoms with van der Waals surface area (Å²) in [7, 11) is 2.51. The molecule has 3 aromatic rings. The Balaban J connectivity index is 2.46. The lowest BCUT2D eigenvalue weighted by Crippen LogP contribution is -2.14. The number of rotatable bonds is 12. The first-order valence-electron chi connectivity index (χ1n) is 15.0. The SMILES string of the molecule is CC[C@@H](C)C(=O)c1c(O)c(Cc2c(O)c(C)c(OC)c(C(C)=O)c2O)c(O)c(Cc2c(O)c(C)c(OC)c(C(=O)C(C)C)c2O)c1O. The molecule has 0 aliphatic carbocycles. The number of ether oxygens (including phenoxy) is 2. The van der Waals surface area contributed by atoms with Gasteiger partial charge in [0.25, 0.3) is 0 Å². The second-order valence-corrected chi connectivity index (χ2v) is 11.9. The highest BCUT2D eigenvalue weighted by molar-refractivity contribution is 6.05. The van der Waals surface area contributed by atoms with Gasteiger partial charge in [-0.2, -0.15) is 0 Å². The van der Waals surface area contributed by atoms with Crippen molar-refractivity contribution >= 4 is 17.3 Å². The van der Waals surface area contributed by atoms with Crippen LogP contribution in [-0.2, 0) is 12.8 Å². The van der Waals surface area contributed by atoms with Gasteiger partial charge >= 0.3 is 0 Å². The third kappa shape index (κ3) is 6.07. The number of methoxy groups -OCH3 is 2. The van der Waals surface area contributed by atoms with Gasteiger partial charge in [0.1, 0.15) is 68.4 Å². The third-order valence-corrected chi connectivity index (χ3v) is 8.62. The van der Waals surface area contributed by atoms with Crippen LogP contribution in [-0.4, -0.2) is 67.3 Å². The van der Waals surface area contributed by atoms with Crippen LogP contribution in [0.15, 0.2) is 0 Å². The van der Waals surface area contributed by atoms with E-state index in [-0.39, 0.29) is 44.9 Å². The van der Waals surface area contributed by atoms with Crippen molar-refractivity contribution in [2.24, 2.45) is 11.8 Å². The van der Waals surface area contributed by atoms with E-state index in [0.717, 1.165) is 0 Å². The number of aromatic hydroxyl groups is 7. The van der Waals surface area contributed by atoms with Crippen molar-refractivity contribution in [3.8, 4) is 51.7 Å². The second kappa shape index (κ2) is 13.7. The van der Waals surface area contributed by atoms with Gasteiger partial charge in [-0.3, -0.25) is 14.4 Å². The maximum absolute atomic E-state index is 13.5. The number of carbonyl (C=O) groups is 3. The molecule has 12 nitrogen and oxygen atoms in total. The smallest absolute Gasteiger partial charge is 0.173 e. The van der Waals surface area contributed by atoms with Gasteiger partial charge in [-0.25, -0.2) is 0 Å². The highest BCUT2D eigenvalue weighted by atomic mass is 16.5. The monoisotopic (exact) mass is 654 g/mol. The molecule has 3 aromatic carbocycles. The molecule has 0 radical (unpaired) electrons. The standard InChI is InChI=1S/C35H42O12/c1-10-14(4)26(38)23-31(43)20(11-18-27(39)15(5)34(46-8)22(17(7)36)30(18)42)29(41)21(32(23)44)12-19-28(40)16(6)35(47-9)24(33(19)45)25(37)13(2)3/h13-14,39-45H,10-12H2,1-9H3/t14-/m1/s1. The summed E-state index contributed by atoms with van der Waals surface area (Å²) in [5.74, 6) is -8.21. The minimum absolute atomic E-state index is 0.0722. The number of ketones is 3. The number of hydrogen-bond donors (Lipinski definition) is 7. The van der Waals surface area contributed by atoms with E-state index >= 15 is 0 Å². The molecule has 0 amide bonds. The first-order valence-corrected chi connectivity index (χ1v) is 15.0. The van der Waals surface area contributed by atoms with Crippen LogP contribution >= 0.6 is 0 Å². The molecule has 0 aliphatic heterocycles. The van der Waals surface area contributed by atoms with Gasteiger partial charge in [-0.15, -0.1) is 0 Å². The van der Waals surface area contributed by atoms with Crippen molar-refractivity contribution < 1.29 is 59.6 Å². The van der Waals surface area contributed by atoms with Gasteiger partial charge in [-0.1, -0.05) is 27.7 Å². The Bertz CT molecular complexity index is 1790. The summed E-state index contributed by atoms with van der Waals surface area (Å²) in [4.78, 5) is 39.1. The van der Waals surface area contributed by atoms with Crippen LogP contribution in [0.5, 0.6) is 51.7 Å². The average molecular weight is 655 g/mol. The molecule has 0 spiro atoms. The number of hydrogen-bond acceptors (Lipinski definition) is 12. The predicted molar refractivity (Wildman–Crippen MR) is 172 cm³/mol. The molecule has 1 atom stereocenters. The summed E-state index contributed by atoms with van der Waals surface area (Å²) >= 11 is 0. The van der Waals surface area contributed by atoms with Crippen LogP contribution in [0.1, 0.15) is 105 Å². The van der Waals surface area contributed by atoms with E-state index in [4.69, 9.17) is 9.47 Å². The summed E-state index contributed by atoms with van der Waals surface area (Å²) in [5.41, 5.74) is -2.35. The molecule has 7 N–H and O–H groups in total. The average Bonchev–Trinajstić information content (AvgIpc) is 3.02. The highest BCUT2D eigenvalue weighted by Crippen LogP contribution is 2.51. The van der Waals surface area contributed by atoms with Crippen molar-refractivity contribution in [3.63, 3.8) is 0 Å². The normalized spacial score (nSPS) is 11.9. The van der Waals surface area contributed by atoms with E-state index < -0.39 is 99.0 Å². The van der Waals surface area contributed by atoms with Crippen LogP contribution in [0, 0.1) is 25.7 Å². The Morgan fingerprint density at radius 2 is 0.936 bits per heavy atom. The predicted octanol–water partition coefficient (Wildman–Crippen LogP) is 5.71. The summed E-state index contributed by atoms with van der Waals surface area (Å²) in [6.45, 7) is 10.5. The van der Waals surface area contributed by atoms with Gasteiger partial charge in [0.05, 0.1) is 14.2 Å². The minimum atomic E-state index is -0.847. The van der Waals surface area contributed by atoms with Crippen molar-refractivity contribution in [3.05, 3.63) is 50.1 Å². The van der Waals surface area contributed by atoms with Crippen LogP contribution in [0.2, 0.25) is 0 Å². The van der Waals surface area contributed by atoms with Crippen LogP contribution < -0.4 is 9.47 Å². The molecular formula is C35H42O12. The molecular weight excluding hydrogens is 612 g/mol. The maximum atomic E-state index is 13.5. The Labute approximate surface area is 272 Å². The first-order chi connectivity index (χ1) is 21.9. The maximum Gasteiger partial charge on any atom is 0.173 e. The van der Waals surface area contributed by atoms with Gasteiger partial charge in [0, 0.05) is 58.1 Å². The molecule has 0 saturated heterocycles. The zero-order valence-corrected chi connectivity index (χ0v) is 27.9. The van der Waals surface area contributed by atoms with Crippen molar-refractivity contribution in [2.75, 3.05) is 14.2 Å². The molecule has 3 rings (SSSR count). The fourth-order valence-corrected chi connectivity index (χ4v) is 5.65. The third-order valence-electron chi connectivity index (χ3n) is 8.62. The van der Waals surface area contributed by atoms with E-state index in [0.29, 0.717) is 6.42 Å². The zero-order chi connectivity index (χ0) is 35.8. The van der Waals surface area contributed by atoms with E-state index in [2.05, 4.69) is 0 Å². The minimum Gasteiger partial charge on any atom is -0.507 e. The number of Topliss-reactive ketones (excluding diaryl/α,β-unsaturated/α-hetero) is 3. The molecule has 47 heavy (non-hydrogen) atoms. The fraction of sp³-hybridized carbons (Fsp3) is 0.400. The molecule has 0 bridgehead atoms. The lowest BCUT2D eigenvalue weighted by molar-refractivity contribution is 0.0917. The molecule has 0 saturated carbocycles. The topological polar surface area (TPSA) is 211 Å². The van der Waals surface area contributed by atoms with Gasteiger partial charge in [-0.05, 0) is 27.2 Å². The Hall–Kier alpha value is -5.13. The largest absolute Gasteiger partial charge is 0.507 e. The van der Waals surface area contributed by atoms with E-state index in [1.807, 2.05) is 0 Å². The van der Waals surface area contributed by atoms with Crippen LogP contribution in [0.25, 0.3) is 0 Å². The van der Waals surface area contributed by atoms with Crippen LogP contribution in [0.3, 0.4) is 0 Å². The molecule has 0 aromatic heterocycles. The molecule has 0 unspecified atom stereocenters. The summed E-state index contributed by atoms with van der Waals surface area (Å²) < 4.78 is 10.6. The summed E-state index contributed by atoms with van der Waals surface area (Å²) in [5, 5.41) is 79.0. The van der Waals surface area contributed by atoms with Crippen molar-refractivity contribution in [2.45, 2.75) is 67.7 Å². The van der Waals surface area contributed by atoms with Gasteiger partial charge < -0.3 is 45.2 Å². The Kier molecular flexibility index (Phi) is 10.6. The molecule has 12 heteroatoms.